The van der Waals surface area contributed by atoms with Gasteiger partial charge in [0, 0.05) is 22.0 Å². The number of amides is 1. The number of carbonyl (C=O) groups is 1. The molecule has 3 nitrogen and oxygen atoms in total. The van der Waals surface area contributed by atoms with Crippen molar-refractivity contribution in [3.63, 3.8) is 0 Å². The van der Waals surface area contributed by atoms with Crippen LogP contribution in [0.4, 0.5) is 0 Å². The average molecular weight is 279 g/mol. The maximum Gasteiger partial charge on any atom is 0.270 e. The first-order chi connectivity index (χ1) is 8.72. The predicted octanol–water partition coefficient (Wildman–Crippen LogP) is 3.36. The standard InChI is InChI=1S/C13H11ClN2OS/c14-9-3-1-2-8(6-9)13-16-11(7-18-13)12(17)15-10-4-5-10/h1-3,6-7,10H,4-5H2,(H,15,17). The zero-order chi connectivity index (χ0) is 12.5. The van der Waals surface area contributed by atoms with E-state index in [2.05, 4.69) is 10.3 Å². The highest BCUT2D eigenvalue weighted by Gasteiger charge is 2.24. The van der Waals surface area contributed by atoms with Crippen molar-refractivity contribution < 1.29 is 4.79 Å². The lowest BCUT2D eigenvalue weighted by Gasteiger charge is -1.99. The molecule has 3 rings (SSSR count). The molecule has 1 heterocycles. The smallest absolute Gasteiger partial charge is 0.270 e. The van der Waals surface area contributed by atoms with Gasteiger partial charge in [-0.25, -0.2) is 4.98 Å². The van der Waals surface area contributed by atoms with E-state index in [1.54, 1.807) is 5.38 Å². The highest BCUT2D eigenvalue weighted by molar-refractivity contribution is 7.13. The molecule has 0 saturated heterocycles. The lowest BCUT2D eigenvalue weighted by Crippen LogP contribution is -2.25. The lowest BCUT2D eigenvalue weighted by molar-refractivity contribution is 0.0947. The molecular weight excluding hydrogens is 268 g/mol. The Balaban J connectivity index is 1.82. The molecule has 0 atom stereocenters. The second kappa shape index (κ2) is 4.71. The summed E-state index contributed by atoms with van der Waals surface area (Å²) in [6.45, 7) is 0. The first-order valence-corrected chi connectivity index (χ1v) is 7.00. The molecule has 1 fully saturated rings. The minimum Gasteiger partial charge on any atom is -0.348 e. The van der Waals surface area contributed by atoms with Crippen LogP contribution in [-0.4, -0.2) is 16.9 Å². The maximum absolute atomic E-state index is 11.8. The van der Waals surface area contributed by atoms with E-state index >= 15 is 0 Å². The second-order valence-electron chi connectivity index (χ2n) is 4.30. The maximum atomic E-state index is 11.8. The van der Waals surface area contributed by atoms with Crippen molar-refractivity contribution in [2.75, 3.05) is 0 Å². The van der Waals surface area contributed by atoms with Crippen LogP contribution < -0.4 is 5.32 Å². The number of hydrogen-bond acceptors (Lipinski definition) is 3. The van der Waals surface area contributed by atoms with E-state index in [4.69, 9.17) is 11.6 Å². The topological polar surface area (TPSA) is 42.0 Å². The monoisotopic (exact) mass is 278 g/mol. The molecule has 0 aliphatic heterocycles. The molecule has 1 saturated carbocycles. The SMILES string of the molecule is O=C(NC1CC1)c1csc(-c2cccc(Cl)c2)n1. The Kier molecular flexibility index (Phi) is 3.06. The normalized spacial score (nSPS) is 14.5. The second-order valence-corrected chi connectivity index (χ2v) is 5.59. The molecule has 0 spiro atoms. The van der Waals surface area contributed by atoms with Gasteiger partial charge in [0.1, 0.15) is 10.7 Å². The van der Waals surface area contributed by atoms with Crippen LogP contribution in [0.1, 0.15) is 23.3 Å². The summed E-state index contributed by atoms with van der Waals surface area (Å²) in [5.74, 6) is -0.0815. The third kappa shape index (κ3) is 2.54. The lowest BCUT2D eigenvalue weighted by atomic mass is 10.2. The summed E-state index contributed by atoms with van der Waals surface area (Å²) in [5, 5.41) is 6.20. The van der Waals surface area contributed by atoms with Gasteiger partial charge in [-0.1, -0.05) is 23.7 Å². The zero-order valence-corrected chi connectivity index (χ0v) is 11.1. The molecule has 1 aromatic carbocycles. The van der Waals surface area contributed by atoms with E-state index in [0.29, 0.717) is 16.8 Å². The van der Waals surface area contributed by atoms with Crippen LogP contribution >= 0.6 is 22.9 Å². The Labute approximate surface area is 114 Å². The molecule has 1 amide bonds. The van der Waals surface area contributed by atoms with Crippen LogP contribution in [0.15, 0.2) is 29.6 Å². The number of carbonyl (C=O) groups excluding carboxylic acids is 1. The Morgan fingerprint density at radius 1 is 1.44 bits per heavy atom. The Hall–Kier alpha value is -1.39. The van der Waals surface area contributed by atoms with Crippen molar-refractivity contribution in [2.45, 2.75) is 18.9 Å². The van der Waals surface area contributed by atoms with Gasteiger partial charge in [0.15, 0.2) is 0 Å². The molecule has 0 bridgehead atoms. The minimum absolute atomic E-state index is 0.0815. The summed E-state index contributed by atoms with van der Waals surface area (Å²) >= 11 is 7.40. The van der Waals surface area contributed by atoms with Gasteiger partial charge in [-0.2, -0.15) is 0 Å². The highest BCUT2D eigenvalue weighted by Crippen LogP contribution is 2.26. The van der Waals surface area contributed by atoms with Crippen LogP contribution in [0, 0.1) is 0 Å². The van der Waals surface area contributed by atoms with Crippen LogP contribution in [-0.2, 0) is 0 Å². The van der Waals surface area contributed by atoms with Crippen molar-refractivity contribution in [3.8, 4) is 10.6 Å². The molecule has 0 radical (unpaired) electrons. The molecule has 18 heavy (non-hydrogen) atoms. The summed E-state index contributed by atoms with van der Waals surface area (Å²) in [7, 11) is 0. The number of halogens is 1. The Morgan fingerprint density at radius 3 is 3.00 bits per heavy atom. The largest absolute Gasteiger partial charge is 0.348 e. The Morgan fingerprint density at radius 2 is 2.28 bits per heavy atom. The van der Waals surface area contributed by atoms with E-state index < -0.39 is 0 Å². The van der Waals surface area contributed by atoms with Crippen molar-refractivity contribution in [3.05, 3.63) is 40.4 Å². The summed E-state index contributed by atoms with van der Waals surface area (Å²) in [6.07, 6.45) is 2.16. The van der Waals surface area contributed by atoms with E-state index in [1.165, 1.54) is 11.3 Å². The molecule has 0 unspecified atom stereocenters. The number of hydrogen-bond donors (Lipinski definition) is 1. The third-order valence-electron chi connectivity index (χ3n) is 2.72. The number of nitrogens with one attached hydrogen (secondary N) is 1. The van der Waals surface area contributed by atoms with Gasteiger partial charge in [-0.3, -0.25) is 4.79 Å². The number of thiazole rings is 1. The fourth-order valence-electron chi connectivity index (χ4n) is 1.62. The van der Waals surface area contributed by atoms with Gasteiger partial charge in [0.05, 0.1) is 0 Å². The van der Waals surface area contributed by atoms with Crippen molar-refractivity contribution in [2.24, 2.45) is 0 Å². The van der Waals surface area contributed by atoms with Gasteiger partial charge in [-0.15, -0.1) is 11.3 Å². The molecule has 1 aliphatic rings. The number of aromatic nitrogens is 1. The van der Waals surface area contributed by atoms with E-state index in [0.717, 1.165) is 23.4 Å². The zero-order valence-electron chi connectivity index (χ0n) is 9.52. The van der Waals surface area contributed by atoms with Gasteiger partial charge >= 0.3 is 0 Å². The van der Waals surface area contributed by atoms with Crippen molar-refractivity contribution >= 4 is 28.8 Å². The van der Waals surface area contributed by atoms with Gasteiger partial charge in [0.2, 0.25) is 0 Å². The summed E-state index contributed by atoms with van der Waals surface area (Å²) < 4.78 is 0. The van der Waals surface area contributed by atoms with Crippen LogP contribution in [0.2, 0.25) is 5.02 Å². The average Bonchev–Trinajstić information content (AvgIpc) is 3.03. The molecule has 2 aromatic rings. The fraction of sp³-hybridized carbons (Fsp3) is 0.231. The van der Waals surface area contributed by atoms with Gasteiger partial charge < -0.3 is 5.32 Å². The quantitative estimate of drug-likeness (QED) is 0.935. The summed E-state index contributed by atoms with van der Waals surface area (Å²) in [5.41, 5.74) is 1.43. The Bertz CT molecular complexity index is 592. The van der Waals surface area contributed by atoms with E-state index in [-0.39, 0.29) is 5.91 Å². The fourth-order valence-corrected chi connectivity index (χ4v) is 2.61. The predicted molar refractivity (Wildman–Crippen MR) is 73.0 cm³/mol. The highest BCUT2D eigenvalue weighted by atomic mass is 35.5. The summed E-state index contributed by atoms with van der Waals surface area (Å²) in [4.78, 5) is 16.2. The molecule has 1 aliphatic carbocycles. The molecular formula is C13H11ClN2OS. The van der Waals surface area contributed by atoms with Crippen LogP contribution in [0.25, 0.3) is 10.6 Å². The molecule has 92 valence electrons. The third-order valence-corrected chi connectivity index (χ3v) is 3.85. The first-order valence-electron chi connectivity index (χ1n) is 5.75. The number of benzene rings is 1. The number of rotatable bonds is 3. The number of nitrogens with zero attached hydrogens (tertiary/aromatic N) is 1. The van der Waals surface area contributed by atoms with Gasteiger partial charge in [-0.05, 0) is 25.0 Å². The summed E-state index contributed by atoms with van der Waals surface area (Å²) in [6, 6.07) is 7.84. The van der Waals surface area contributed by atoms with Crippen LogP contribution in [0.3, 0.4) is 0 Å². The minimum atomic E-state index is -0.0815. The molecule has 1 N–H and O–H groups in total. The van der Waals surface area contributed by atoms with Crippen molar-refractivity contribution in [1.82, 2.24) is 10.3 Å². The first kappa shape index (κ1) is 11.7. The van der Waals surface area contributed by atoms with E-state index in [1.807, 2.05) is 24.3 Å². The molecule has 1 aromatic heterocycles. The van der Waals surface area contributed by atoms with Crippen LogP contribution in [0.5, 0.6) is 0 Å². The van der Waals surface area contributed by atoms with Crippen molar-refractivity contribution in [1.29, 1.82) is 0 Å². The van der Waals surface area contributed by atoms with Gasteiger partial charge in [0.25, 0.3) is 5.91 Å². The molecule has 5 heteroatoms. The van der Waals surface area contributed by atoms with E-state index in [9.17, 15) is 4.79 Å².